The Kier molecular flexibility index (Phi) is 3.82. The molecule has 1 heterocycles. The van der Waals surface area contributed by atoms with Gasteiger partial charge in [0.1, 0.15) is 0 Å². The Morgan fingerprint density at radius 3 is 2.50 bits per heavy atom. The van der Waals surface area contributed by atoms with Gasteiger partial charge in [-0.1, -0.05) is 6.42 Å². The summed E-state index contributed by atoms with van der Waals surface area (Å²) in [6, 6.07) is 0.517. The van der Waals surface area contributed by atoms with Crippen LogP contribution in [0.2, 0.25) is 0 Å². The van der Waals surface area contributed by atoms with Gasteiger partial charge in [-0.05, 0) is 26.3 Å². The quantitative estimate of drug-likeness (QED) is 0.759. The Balaban J connectivity index is 1.87. The van der Waals surface area contributed by atoms with Crippen LogP contribution in [0, 0.1) is 5.92 Å². The van der Waals surface area contributed by atoms with Gasteiger partial charge in [0.25, 0.3) is 0 Å². The third-order valence-corrected chi connectivity index (χ3v) is 4.05. The predicted octanol–water partition coefficient (Wildman–Crippen LogP) is 0.877. The zero-order chi connectivity index (χ0) is 11.5. The molecule has 0 aromatic heterocycles. The summed E-state index contributed by atoms with van der Waals surface area (Å²) in [5.41, 5.74) is 0. The lowest BCUT2D eigenvalue weighted by molar-refractivity contribution is -0.143. The van der Waals surface area contributed by atoms with Crippen LogP contribution in [0.15, 0.2) is 0 Å². The van der Waals surface area contributed by atoms with Crippen molar-refractivity contribution in [3.8, 4) is 0 Å². The number of rotatable bonds is 2. The molecular formula is C12H22N2O2. The Hall–Kier alpha value is -0.610. The third kappa shape index (κ3) is 2.74. The van der Waals surface area contributed by atoms with Gasteiger partial charge in [0.15, 0.2) is 0 Å². The molecule has 0 spiro atoms. The van der Waals surface area contributed by atoms with Crippen molar-refractivity contribution in [1.29, 1.82) is 0 Å². The van der Waals surface area contributed by atoms with Gasteiger partial charge in [0.05, 0.1) is 5.92 Å². The van der Waals surface area contributed by atoms with Crippen molar-refractivity contribution in [3.05, 3.63) is 0 Å². The predicted molar refractivity (Wildman–Crippen MR) is 62.5 cm³/mol. The van der Waals surface area contributed by atoms with Crippen LogP contribution in [0.5, 0.6) is 0 Å². The average molecular weight is 226 g/mol. The fourth-order valence-electron chi connectivity index (χ4n) is 2.91. The molecular weight excluding hydrogens is 204 g/mol. The van der Waals surface area contributed by atoms with E-state index in [9.17, 15) is 4.79 Å². The van der Waals surface area contributed by atoms with Gasteiger partial charge in [-0.25, -0.2) is 0 Å². The van der Waals surface area contributed by atoms with Crippen molar-refractivity contribution in [2.24, 2.45) is 5.92 Å². The summed E-state index contributed by atoms with van der Waals surface area (Å²) in [4.78, 5) is 15.8. The normalized spacial score (nSPS) is 33.8. The maximum Gasteiger partial charge on any atom is 0.306 e. The van der Waals surface area contributed by atoms with Crippen LogP contribution in [0.4, 0.5) is 0 Å². The number of carboxylic acids is 1. The molecule has 1 aliphatic carbocycles. The first-order valence-electron chi connectivity index (χ1n) is 6.32. The first-order valence-corrected chi connectivity index (χ1v) is 6.32. The zero-order valence-corrected chi connectivity index (χ0v) is 10.1. The number of nitrogens with zero attached hydrogens (tertiary/aromatic N) is 2. The molecule has 2 rings (SSSR count). The molecule has 2 atom stereocenters. The minimum absolute atomic E-state index is 0.0987. The molecule has 1 aliphatic heterocycles. The van der Waals surface area contributed by atoms with E-state index in [1.807, 2.05) is 0 Å². The van der Waals surface area contributed by atoms with E-state index < -0.39 is 5.97 Å². The zero-order valence-electron chi connectivity index (χ0n) is 10.1. The molecule has 0 bridgehead atoms. The summed E-state index contributed by atoms with van der Waals surface area (Å²) in [5, 5.41) is 9.07. The van der Waals surface area contributed by atoms with Crippen molar-refractivity contribution in [3.63, 3.8) is 0 Å². The number of piperazine rings is 1. The monoisotopic (exact) mass is 226 g/mol. The summed E-state index contributed by atoms with van der Waals surface area (Å²) in [6.07, 6.45) is 4.00. The van der Waals surface area contributed by atoms with Gasteiger partial charge in [-0.15, -0.1) is 0 Å². The molecule has 1 saturated carbocycles. The Bertz CT molecular complexity index is 249. The largest absolute Gasteiger partial charge is 0.481 e. The van der Waals surface area contributed by atoms with Crippen LogP contribution in [0.3, 0.4) is 0 Å². The van der Waals surface area contributed by atoms with Crippen molar-refractivity contribution in [2.45, 2.75) is 31.7 Å². The van der Waals surface area contributed by atoms with Crippen LogP contribution in [-0.4, -0.2) is 60.1 Å². The fraction of sp³-hybridized carbons (Fsp3) is 0.917. The van der Waals surface area contributed by atoms with E-state index in [4.69, 9.17) is 5.11 Å². The molecule has 92 valence electrons. The SMILES string of the molecule is CN1CCN([C@H]2CCC[C@@H](C(=O)O)C2)CC1. The van der Waals surface area contributed by atoms with Crippen LogP contribution in [-0.2, 0) is 4.79 Å². The topological polar surface area (TPSA) is 43.8 Å². The van der Waals surface area contributed by atoms with Crippen molar-refractivity contribution < 1.29 is 9.90 Å². The molecule has 4 heteroatoms. The van der Waals surface area contributed by atoms with Gasteiger partial charge >= 0.3 is 5.97 Å². The number of likely N-dealkylation sites (N-methyl/N-ethyl adjacent to an activating group) is 1. The first kappa shape index (κ1) is 11.9. The number of hydrogen-bond acceptors (Lipinski definition) is 3. The maximum absolute atomic E-state index is 11.0. The standard InChI is InChI=1S/C12H22N2O2/c1-13-5-7-14(8-6-13)11-4-2-3-10(9-11)12(15)16/h10-11H,2-9H2,1H3,(H,15,16)/t10-,11+/m1/s1. The molecule has 0 aromatic carbocycles. The third-order valence-electron chi connectivity index (χ3n) is 4.05. The van der Waals surface area contributed by atoms with E-state index in [-0.39, 0.29) is 5.92 Å². The van der Waals surface area contributed by atoms with E-state index in [0.717, 1.165) is 45.4 Å². The number of carboxylic acid groups (broad SMARTS) is 1. The van der Waals surface area contributed by atoms with Crippen LogP contribution in [0.1, 0.15) is 25.7 Å². The van der Waals surface area contributed by atoms with E-state index in [2.05, 4.69) is 16.8 Å². The summed E-state index contributed by atoms with van der Waals surface area (Å²) in [6.45, 7) is 4.45. The minimum atomic E-state index is -0.598. The highest BCUT2D eigenvalue weighted by molar-refractivity contribution is 5.70. The van der Waals surface area contributed by atoms with Gasteiger partial charge in [-0.2, -0.15) is 0 Å². The second-order valence-electron chi connectivity index (χ2n) is 5.19. The second-order valence-corrected chi connectivity index (χ2v) is 5.19. The number of aliphatic carboxylic acids is 1. The molecule has 0 amide bonds. The highest BCUT2D eigenvalue weighted by Crippen LogP contribution is 2.28. The van der Waals surface area contributed by atoms with Gasteiger partial charge in [0, 0.05) is 32.2 Å². The van der Waals surface area contributed by atoms with Gasteiger partial charge in [0.2, 0.25) is 0 Å². The van der Waals surface area contributed by atoms with Crippen LogP contribution < -0.4 is 0 Å². The Morgan fingerprint density at radius 2 is 1.88 bits per heavy atom. The lowest BCUT2D eigenvalue weighted by Crippen LogP contribution is -2.50. The maximum atomic E-state index is 11.0. The van der Waals surface area contributed by atoms with Gasteiger partial charge < -0.3 is 10.0 Å². The molecule has 0 unspecified atom stereocenters. The van der Waals surface area contributed by atoms with Gasteiger partial charge in [-0.3, -0.25) is 9.69 Å². The highest BCUT2D eigenvalue weighted by atomic mass is 16.4. The molecule has 16 heavy (non-hydrogen) atoms. The average Bonchev–Trinajstić information content (AvgIpc) is 2.30. The second kappa shape index (κ2) is 5.15. The summed E-state index contributed by atoms with van der Waals surface area (Å²) in [7, 11) is 2.15. The van der Waals surface area contributed by atoms with Crippen molar-refractivity contribution >= 4 is 5.97 Å². The smallest absolute Gasteiger partial charge is 0.306 e. The highest BCUT2D eigenvalue weighted by Gasteiger charge is 2.31. The molecule has 4 nitrogen and oxygen atoms in total. The van der Waals surface area contributed by atoms with Crippen molar-refractivity contribution in [1.82, 2.24) is 9.80 Å². The number of carbonyl (C=O) groups is 1. The van der Waals surface area contributed by atoms with E-state index in [0.29, 0.717) is 6.04 Å². The molecule has 1 saturated heterocycles. The van der Waals surface area contributed by atoms with E-state index in [1.165, 1.54) is 6.42 Å². The summed E-state index contributed by atoms with van der Waals surface area (Å²) in [5.74, 6) is -0.697. The minimum Gasteiger partial charge on any atom is -0.481 e. The lowest BCUT2D eigenvalue weighted by Gasteiger charge is -2.40. The first-order chi connectivity index (χ1) is 7.66. The van der Waals surface area contributed by atoms with Crippen LogP contribution in [0.25, 0.3) is 0 Å². The molecule has 2 aliphatic rings. The molecule has 0 radical (unpaired) electrons. The van der Waals surface area contributed by atoms with E-state index >= 15 is 0 Å². The van der Waals surface area contributed by atoms with E-state index in [1.54, 1.807) is 0 Å². The Labute approximate surface area is 97.2 Å². The molecule has 1 N–H and O–H groups in total. The molecule has 2 fully saturated rings. The van der Waals surface area contributed by atoms with Crippen LogP contribution >= 0.6 is 0 Å². The summed E-state index contributed by atoms with van der Waals surface area (Å²) >= 11 is 0. The van der Waals surface area contributed by atoms with Crippen molar-refractivity contribution in [2.75, 3.05) is 33.2 Å². The molecule has 0 aromatic rings. The summed E-state index contributed by atoms with van der Waals surface area (Å²) < 4.78 is 0. The Morgan fingerprint density at radius 1 is 1.19 bits per heavy atom. The number of hydrogen-bond donors (Lipinski definition) is 1. The lowest BCUT2D eigenvalue weighted by atomic mass is 9.85. The fourth-order valence-corrected chi connectivity index (χ4v) is 2.91.